The van der Waals surface area contributed by atoms with E-state index in [0.717, 1.165) is 11.1 Å². The second kappa shape index (κ2) is 8.15. The highest BCUT2D eigenvalue weighted by molar-refractivity contribution is 6.30. The van der Waals surface area contributed by atoms with Crippen molar-refractivity contribution >= 4 is 23.4 Å². The fourth-order valence-corrected chi connectivity index (χ4v) is 5.04. The molecular formula is C28H18ClN3O3. The predicted octanol–water partition coefficient (Wildman–Crippen LogP) is 4.54. The predicted molar refractivity (Wildman–Crippen MR) is 130 cm³/mol. The van der Waals surface area contributed by atoms with Gasteiger partial charge in [0.05, 0.1) is 5.56 Å². The topological polar surface area (TPSA) is 66.7 Å². The molecule has 2 aliphatic heterocycles. The number of aromatic nitrogens is 1. The van der Waals surface area contributed by atoms with E-state index in [9.17, 15) is 9.59 Å². The number of halogens is 1. The lowest BCUT2D eigenvalue weighted by molar-refractivity contribution is 0.0354. The Morgan fingerprint density at radius 2 is 1.77 bits per heavy atom. The van der Waals surface area contributed by atoms with Crippen LogP contribution in [0.3, 0.4) is 0 Å². The van der Waals surface area contributed by atoms with Crippen LogP contribution >= 0.6 is 11.6 Å². The summed E-state index contributed by atoms with van der Waals surface area (Å²) in [5.41, 5.74) is 1.66. The number of benzene rings is 2. The normalized spacial score (nSPS) is 18.1. The minimum absolute atomic E-state index is 0.137. The molecule has 1 saturated heterocycles. The molecule has 2 aliphatic rings. The molecule has 4 heterocycles. The summed E-state index contributed by atoms with van der Waals surface area (Å²) in [5.74, 6) is 6.07. The van der Waals surface area contributed by atoms with Gasteiger partial charge in [-0.2, -0.15) is 0 Å². The van der Waals surface area contributed by atoms with E-state index in [-0.39, 0.29) is 17.6 Å². The van der Waals surface area contributed by atoms with Gasteiger partial charge in [0.15, 0.2) is 17.2 Å². The molecule has 0 aliphatic carbocycles. The van der Waals surface area contributed by atoms with Crippen LogP contribution in [0.1, 0.15) is 43.4 Å². The maximum atomic E-state index is 13.8. The Morgan fingerprint density at radius 3 is 2.57 bits per heavy atom. The van der Waals surface area contributed by atoms with Gasteiger partial charge in [-0.3, -0.25) is 14.6 Å². The number of pyridine rings is 1. The number of furan rings is 1. The molecule has 2 aromatic carbocycles. The van der Waals surface area contributed by atoms with Gasteiger partial charge in [0, 0.05) is 47.2 Å². The van der Waals surface area contributed by atoms with Gasteiger partial charge in [-0.25, -0.2) is 0 Å². The van der Waals surface area contributed by atoms with Gasteiger partial charge >= 0.3 is 0 Å². The lowest BCUT2D eigenvalue weighted by Crippen LogP contribution is -2.51. The fraction of sp³-hybridized carbons (Fsp3) is 0.107. The Balaban J connectivity index is 1.43. The molecule has 0 spiro atoms. The average molecular weight is 480 g/mol. The molecule has 6 nitrogen and oxygen atoms in total. The van der Waals surface area contributed by atoms with Crippen molar-refractivity contribution < 1.29 is 14.0 Å². The second-order valence-electron chi connectivity index (χ2n) is 8.29. The van der Waals surface area contributed by atoms with Gasteiger partial charge in [-0.15, -0.1) is 0 Å². The SMILES string of the molecule is O=C(c1ccc(C#Cc2ccccc2)o1)N1CCN2C(=O)c3ccncc3C12c1ccc(Cl)cc1. The van der Waals surface area contributed by atoms with Gasteiger partial charge in [0.2, 0.25) is 0 Å². The smallest absolute Gasteiger partial charge is 0.292 e. The minimum Gasteiger partial charge on any atom is -0.443 e. The Morgan fingerprint density at radius 1 is 0.971 bits per heavy atom. The van der Waals surface area contributed by atoms with Crippen LogP contribution in [-0.4, -0.2) is 39.7 Å². The van der Waals surface area contributed by atoms with Crippen molar-refractivity contribution in [1.29, 1.82) is 0 Å². The summed E-state index contributed by atoms with van der Waals surface area (Å²) in [6.45, 7) is 0.719. The summed E-state index contributed by atoms with van der Waals surface area (Å²) in [6.07, 6.45) is 3.25. The molecular weight excluding hydrogens is 462 g/mol. The highest BCUT2D eigenvalue weighted by Crippen LogP contribution is 2.50. The summed E-state index contributed by atoms with van der Waals surface area (Å²) >= 11 is 6.16. The van der Waals surface area contributed by atoms with E-state index in [1.807, 2.05) is 42.5 Å². The van der Waals surface area contributed by atoms with Crippen LogP contribution < -0.4 is 0 Å². The lowest BCUT2D eigenvalue weighted by atomic mass is 9.91. The lowest BCUT2D eigenvalue weighted by Gasteiger charge is -2.39. The van der Waals surface area contributed by atoms with Crippen LogP contribution in [0.25, 0.3) is 0 Å². The van der Waals surface area contributed by atoms with Gasteiger partial charge in [-0.05, 0) is 48.4 Å². The van der Waals surface area contributed by atoms with Crippen molar-refractivity contribution in [1.82, 2.24) is 14.8 Å². The maximum absolute atomic E-state index is 13.8. The molecule has 0 saturated carbocycles. The molecule has 7 heteroatoms. The molecule has 2 aromatic heterocycles. The number of nitrogens with zero attached hydrogens (tertiary/aromatic N) is 3. The zero-order valence-corrected chi connectivity index (χ0v) is 19.2. The Labute approximate surface area is 206 Å². The number of hydrogen-bond donors (Lipinski definition) is 0. The summed E-state index contributed by atoms with van der Waals surface area (Å²) < 4.78 is 5.84. The third-order valence-corrected chi connectivity index (χ3v) is 6.67. The van der Waals surface area contributed by atoms with Crippen LogP contribution in [0.5, 0.6) is 0 Å². The van der Waals surface area contributed by atoms with E-state index < -0.39 is 5.66 Å². The van der Waals surface area contributed by atoms with Crippen molar-refractivity contribution in [3.63, 3.8) is 0 Å². The first-order valence-corrected chi connectivity index (χ1v) is 11.5. The molecule has 170 valence electrons. The summed E-state index contributed by atoms with van der Waals surface area (Å²) in [6, 6.07) is 21.7. The summed E-state index contributed by atoms with van der Waals surface area (Å²) in [4.78, 5) is 34.9. The number of carbonyl (C=O) groups excluding carboxylic acids is 2. The quantitative estimate of drug-likeness (QED) is 0.396. The molecule has 0 N–H and O–H groups in total. The molecule has 1 fully saturated rings. The van der Waals surface area contributed by atoms with E-state index >= 15 is 0 Å². The maximum Gasteiger partial charge on any atom is 0.292 e. The first-order chi connectivity index (χ1) is 17.1. The molecule has 35 heavy (non-hydrogen) atoms. The zero-order chi connectivity index (χ0) is 24.0. The van der Waals surface area contributed by atoms with E-state index in [4.69, 9.17) is 16.0 Å². The number of fused-ring (bicyclic) bond motifs is 3. The second-order valence-corrected chi connectivity index (χ2v) is 8.73. The van der Waals surface area contributed by atoms with Gasteiger partial charge in [0.1, 0.15) is 0 Å². The van der Waals surface area contributed by atoms with Gasteiger partial charge < -0.3 is 14.2 Å². The van der Waals surface area contributed by atoms with E-state index in [2.05, 4.69) is 16.8 Å². The van der Waals surface area contributed by atoms with Crippen molar-refractivity contribution in [3.05, 3.63) is 124 Å². The van der Waals surface area contributed by atoms with Crippen LogP contribution in [0.2, 0.25) is 5.02 Å². The zero-order valence-electron chi connectivity index (χ0n) is 18.4. The third kappa shape index (κ3) is 3.24. The van der Waals surface area contributed by atoms with E-state index in [1.165, 1.54) is 0 Å². The third-order valence-electron chi connectivity index (χ3n) is 6.41. The number of carbonyl (C=O) groups is 2. The minimum atomic E-state index is -1.13. The van der Waals surface area contributed by atoms with Crippen LogP contribution in [0.15, 0.2) is 89.6 Å². The van der Waals surface area contributed by atoms with Crippen molar-refractivity contribution in [2.75, 3.05) is 13.1 Å². The molecule has 6 rings (SSSR count). The molecule has 4 aromatic rings. The van der Waals surface area contributed by atoms with Crippen molar-refractivity contribution in [2.24, 2.45) is 0 Å². The summed E-state index contributed by atoms with van der Waals surface area (Å²) in [7, 11) is 0. The van der Waals surface area contributed by atoms with Gasteiger partial charge in [0.25, 0.3) is 11.8 Å². The fourth-order valence-electron chi connectivity index (χ4n) is 4.92. The highest BCUT2D eigenvalue weighted by atomic mass is 35.5. The summed E-state index contributed by atoms with van der Waals surface area (Å²) in [5, 5.41) is 0.566. The Bertz CT molecular complexity index is 1520. The van der Waals surface area contributed by atoms with E-state index in [0.29, 0.717) is 35.0 Å². The molecule has 0 bridgehead atoms. The van der Waals surface area contributed by atoms with E-state index in [1.54, 1.807) is 52.5 Å². The number of hydrogen-bond acceptors (Lipinski definition) is 4. The first kappa shape index (κ1) is 21.2. The van der Waals surface area contributed by atoms with Crippen LogP contribution in [0, 0.1) is 11.8 Å². The highest BCUT2D eigenvalue weighted by Gasteiger charge is 2.60. The molecule has 2 amide bonds. The van der Waals surface area contributed by atoms with Crippen LogP contribution in [-0.2, 0) is 5.66 Å². The van der Waals surface area contributed by atoms with Crippen LogP contribution in [0.4, 0.5) is 0 Å². The Hall–Kier alpha value is -4.34. The standard InChI is InChI=1S/C28H18ClN3O3/c29-21-9-7-20(8-10-21)28-24-18-30-15-14-23(24)26(33)31(28)16-17-32(28)27(34)25-13-12-22(35-25)11-6-19-4-2-1-3-5-19/h1-5,7-10,12-15,18H,16-17H2. The molecule has 0 radical (unpaired) electrons. The van der Waals surface area contributed by atoms with Gasteiger partial charge in [-0.1, -0.05) is 47.9 Å². The molecule has 1 unspecified atom stereocenters. The van der Waals surface area contributed by atoms with Crippen molar-refractivity contribution in [3.8, 4) is 11.8 Å². The number of amides is 2. The average Bonchev–Trinajstić information content (AvgIpc) is 3.59. The monoisotopic (exact) mass is 479 g/mol. The number of rotatable bonds is 2. The molecule has 1 atom stereocenters. The Kier molecular flexibility index (Phi) is 4.94. The largest absolute Gasteiger partial charge is 0.443 e. The van der Waals surface area contributed by atoms with Crippen molar-refractivity contribution in [2.45, 2.75) is 5.66 Å². The first-order valence-electron chi connectivity index (χ1n) is 11.1.